The lowest BCUT2D eigenvalue weighted by Gasteiger charge is -2.18. The molecule has 0 bridgehead atoms. The lowest BCUT2D eigenvalue weighted by Crippen LogP contribution is -2.02. The largest absolute Gasteiger partial charge is 0.368 e. The van der Waals surface area contributed by atoms with E-state index in [-0.39, 0.29) is 41.9 Å². The predicted octanol–water partition coefficient (Wildman–Crippen LogP) is 5.61. The smallest absolute Gasteiger partial charge is 0.270 e. The number of hydrogen-bond acceptors (Lipinski definition) is 6. The van der Waals surface area contributed by atoms with Crippen molar-refractivity contribution in [3.63, 3.8) is 0 Å². The molecule has 0 N–H and O–H groups in total. The molecule has 8 heteroatoms. The molecule has 186 valence electrons. The van der Waals surface area contributed by atoms with Crippen LogP contribution in [0.15, 0.2) is 35.7 Å². The third kappa shape index (κ3) is 3.15. The first-order chi connectivity index (χ1) is 19.1. The molecule has 0 spiro atoms. The Bertz CT molecular complexity index is 1790. The molecule has 4 aliphatic heterocycles. The Morgan fingerprint density at radius 3 is 1.41 bits per heavy atom. The van der Waals surface area contributed by atoms with Crippen molar-refractivity contribution in [1.82, 2.24) is 0 Å². The highest BCUT2D eigenvalue weighted by Crippen LogP contribution is 2.62. The summed E-state index contributed by atoms with van der Waals surface area (Å²) in [6.07, 6.45) is -0.163. The van der Waals surface area contributed by atoms with Crippen molar-refractivity contribution in [3.05, 3.63) is 103 Å². The maximum Gasteiger partial charge on any atom is 0.270 e. The fourth-order valence-corrected chi connectivity index (χ4v) is 6.20. The van der Waals surface area contributed by atoms with E-state index in [2.05, 4.69) is 27.9 Å². The zero-order chi connectivity index (χ0) is 26.6. The summed E-state index contributed by atoms with van der Waals surface area (Å²) in [5.74, 6) is 0. The van der Waals surface area contributed by atoms with E-state index in [0.29, 0.717) is 42.1 Å². The minimum absolute atomic E-state index is 0.0277. The molecule has 2 aliphatic carbocycles. The fourth-order valence-electron chi connectivity index (χ4n) is 6.20. The Kier molecular flexibility index (Phi) is 4.46. The van der Waals surface area contributed by atoms with Gasteiger partial charge in [-0.05, 0) is 86.8 Å². The highest BCUT2D eigenvalue weighted by Gasteiger charge is 2.46. The molecule has 0 radical (unpaired) electrons. The molecule has 4 heterocycles. The molecule has 0 aromatic heterocycles. The van der Waals surface area contributed by atoms with Gasteiger partial charge in [0.1, 0.15) is 24.4 Å². The fraction of sp³-hybridized carbons (Fsp3) is 0.290. The molecule has 5 atom stereocenters. The SMILES string of the molecule is [C-]#[N+]/C(C#N)=C1C2=C(/C(=C(\C#N)[N+]#[C-])c3cc(C4CO4)c(C4CO4)cc32)c2cc(C3OC3C)c(C3CO3)cc2\1. The lowest BCUT2D eigenvalue weighted by atomic mass is 9.85. The Balaban J connectivity index is 1.47. The lowest BCUT2D eigenvalue weighted by molar-refractivity contribution is 0.378. The summed E-state index contributed by atoms with van der Waals surface area (Å²) < 4.78 is 22.8. The number of nitriles is 2. The summed E-state index contributed by atoms with van der Waals surface area (Å²) in [5.41, 5.74) is 9.56. The van der Waals surface area contributed by atoms with Crippen molar-refractivity contribution in [2.24, 2.45) is 0 Å². The van der Waals surface area contributed by atoms with Gasteiger partial charge in [0.2, 0.25) is 0 Å². The van der Waals surface area contributed by atoms with Crippen LogP contribution in [0.3, 0.4) is 0 Å². The molecule has 2 aromatic rings. The number of allylic oxidation sites excluding steroid dienone is 6. The van der Waals surface area contributed by atoms with E-state index in [9.17, 15) is 10.5 Å². The standard InChI is InChI=1S/C31H18N4O4/c1-13-31(39-13)21-7-20-18(6-16(21)26-12-38-26)28(23(9-33)35-3)29-19-5-15(25-11-37-25)14(24-10-36-24)4-17(19)27(30(20)29)22(8-32)34-2/h4-7,13,24-26,31H,10-12H2,1H3/b27-22+,28-23-. The van der Waals surface area contributed by atoms with Crippen LogP contribution in [-0.2, 0) is 18.9 Å². The maximum atomic E-state index is 10.1. The van der Waals surface area contributed by atoms with Crippen molar-refractivity contribution in [2.45, 2.75) is 37.4 Å². The third-order valence-corrected chi connectivity index (χ3v) is 8.24. The second kappa shape index (κ2) is 7.75. The van der Waals surface area contributed by atoms with Gasteiger partial charge in [-0.1, -0.05) is 0 Å². The van der Waals surface area contributed by atoms with Gasteiger partial charge in [0.15, 0.2) is 0 Å². The monoisotopic (exact) mass is 510 g/mol. The van der Waals surface area contributed by atoms with E-state index in [1.54, 1.807) is 0 Å². The second-order valence-corrected chi connectivity index (χ2v) is 10.4. The van der Waals surface area contributed by atoms with Crippen LogP contribution in [0.1, 0.15) is 75.8 Å². The Hall–Kier alpha value is -4.54. The van der Waals surface area contributed by atoms with E-state index < -0.39 is 0 Å². The quantitative estimate of drug-likeness (QED) is 0.301. The van der Waals surface area contributed by atoms with Gasteiger partial charge in [-0.25, -0.2) is 20.2 Å². The van der Waals surface area contributed by atoms with Crippen LogP contribution >= 0.6 is 0 Å². The van der Waals surface area contributed by atoms with Gasteiger partial charge in [-0.3, -0.25) is 0 Å². The van der Waals surface area contributed by atoms with E-state index >= 15 is 0 Å². The van der Waals surface area contributed by atoms with Crippen LogP contribution in [0.25, 0.3) is 32.0 Å². The molecule has 0 saturated carbocycles. The first-order valence-corrected chi connectivity index (χ1v) is 12.7. The van der Waals surface area contributed by atoms with E-state index in [0.717, 1.165) is 44.5 Å². The van der Waals surface area contributed by atoms with Gasteiger partial charge in [-0.2, -0.15) is 0 Å². The molecule has 6 aliphatic rings. The summed E-state index contributed by atoms with van der Waals surface area (Å²) in [5, 5.41) is 20.1. The molecule has 2 aromatic carbocycles. The number of rotatable bonds is 4. The van der Waals surface area contributed by atoms with E-state index in [1.165, 1.54) is 0 Å². The number of nitrogens with zero attached hydrogens (tertiary/aromatic N) is 4. The van der Waals surface area contributed by atoms with Crippen molar-refractivity contribution in [1.29, 1.82) is 10.5 Å². The minimum atomic E-state index is -0.0763. The average molecular weight is 511 g/mol. The van der Waals surface area contributed by atoms with Crippen molar-refractivity contribution in [2.75, 3.05) is 19.8 Å². The molecule has 8 rings (SSSR count). The van der Waals surface area contributed by atoms with Crippen LogP contribution in [0.2, 0.25) is 0 Å². The molecule has 5 unspecified atom stereocenters. The first-order valence-electron chi connectivity index (χ1n) is 12.7. The topological polar surface area (TPSA) is 106 Å². The number of hydrogen-bond donors (Lipinski definition) is 0. The summed E-state index contributed by atoms with van der Waals surface area (Å²) in [7, 11) is 0. The molecule has 39 heavy (non-hydrogen) atoms. The van der Waals surface area contributed by atoms with Gasteiger partial charge in [-0.15, -0.1) is 0 Å². The number of epoxide rings is 4. The van der Waals surface area contributed by atoms with Gasteiger partial charge >= 0.3 is 0 Å². The molecule has 0 amide bonds. The average Bonchev–Trinajstić information content (AvgIpc) is 3.78. The molecule has 4 fully saturated rings. The Morgan fingerprint density at radius 1 is 0.718 bits per heavy atom. The normalized spacial score (nSPS) is 30.6. The third-order valence-electron chi connectivity index (χ3n) is 8.24. The Morgan fingerprint density at radius 2 is 1.08 bits per heavy atom. The van der Waals surface area contributed by atoms with E-state index in [4.69, 9.17) is 32.1 Å². The van der Waals surface area contributed by atoms with Crippen molar-refractivity contribution in [3.8, 4) is 12.1 Å². The number of ether oxygens (including phenoxy) is 4. The molecule has 8 nitrogen and oxygen atoms in total. The summed E-state index contributed by atoms with van der Waals surface area (Å²) in [4.78, 5) is 7.24. The zero-order valence-corrected chi connectivity index (χ0v) is 20.7. The van der Waals surface area contributed by atoms with Gasteiger partial charge in [0.05, 0.1) is 51.2 Å². The van der Waals surface area contributed by atoms with Crippen LogP contribution in [-0.4, -0.2) is 25.9 Å². The zero-order valence-electron chi connectivity index (χ0n) is 20.7. The van der Waals surface area contributed by atoms with E-state index in [1.807, 2.05) is 25.1 Å². The minimum Gasteiger partial charge on any atom is -0.368 e. The highest BCUT2D eigenvalue weighted by atomic mass is 16.6. The van der Waals surface area contributed by atoms with Gasteiger partial charge in [0.25, 0.3) is 11.4 Å². The Labute approximate surface area is 224 Å². The van der Waals surface area contributed by atoms with Crippen molar-refractivity contribution >= 4 is 22.3 Å². The van der Waals surface area contributed by atoms with Crippen molar-refractivity contribution < 1.29 is 18.9 Å². The number of benzene rings is 2. The summed E-state index contributed by atoms with van der Waals surface area (Å²) in [6.45, 7) is 19.6. The summed E-state index contributed by atoms with van der Waals surface area (Å²) >= 11 is 0. The predicted molar refractivity (Wildman–Crippen MR) is 137 cm³/mol. The second-order valence-electron chi connectivity index (χ2n) is 10.4. The first kappa shape index (κ1) is 22.4. The van der Waals surface area contributed by atoms with Crippen LogP contribution in [0.5, 0.6) is 0 Å². The molecular formula is C31H18N4O4. The van der Waals surface area contributed by atoms with Crippen LogP contribution in [0, 0.1) is 35.8 Å². The summed E-state index contributed by atoms with van der Waals surface area (Å²) in [6, 6.07) is 12.4. The van der Waals surface area contributed by atoms with Crippen LogP contribution in [0.4, 0.5) is 0 Å². The van der Waals surface area contributed by atoms with Crippen LogP contribution < -0.4 is 0 Å². The van der Waals surface area contributed by atoms with Gasteiger partial charge < -0.3 is 18.9 Å². The van der Waals surface area contributed by atoms with Gasteiger partial charge in [0, 0.05) is 11.1 Å². The number of fused-ring (bicyclic) bond motifs is 4. The molecule has 4 saturated heterocycles. The highest BCUT2D eigenvalue weighted by molar-refractivity contribution is 6.37. The maximum absolute atomic E-state index is 10.1. The molecular weight excluding hydrogens is 492 g/mol.